The SMILES string of the molecule is COc1cc(S(N)(=O)=O)ccc1-c1[nH]c2cn[nH]c(=O)c2[nH+]1. The molecule has 3 rings (SSSR count). The summed E-state index contributed by atoms with van der Waals surface area (Å²) in [4.78, 5) is 17.5. The van der Waals surface area contributed by atoms with Crippen LogP contribution in [0.5, 0.6) is 5.75 Å². The molecule has 22 heavy (non-hydrogen) atoms. The lowest BCUT2D eigenvalue weighted by Crippen LogP contribution is -2.16. The third-order valence-corrected chi connectivity index (χ3v) is 4.05. The van der Waals surface area contributed by atoms with E-state index >= 15 is 0 Å². The van der Waals surface area contributed by atoms with Gasteiger partial charge in [0.05, 0.1) is 18.2 Å². The molecule has 114 valence electrons. The summed E-state index contributed by atoms with van der Waals surface area (Å²) in [5.74, 6) is 0.769. The molecule has 0 radical (unpaired) electrons. The van der Waals surface area contributed by atoms with Gasteiger partial charge in [-0.3, -0.25) is 4.79 Å². The Kier molecular flexibility index (Phi) is 3.19. The Balaban J connectivity index is 2.22. The molecule has 2 heterocycles. The molecule has 0 unspecified atom stereocenters. The van der Waals surface area contributed by atoms with Crippen LogP contribution in [0, 0.1) is 0 Å². The van der Waals surface area contributed by atoms with Gasteiger partial charge in [0.2, 0.25) is 15.5 Å². The topological polar surface area (TPSA) is 145 Å². The van der Waals surface area contributed by atoms with Crippen LogP contribution in [-0.2, 0) is 10.0 Å². The van der Waals surface area contributed by atoms with Crippen molar-refractivity contribution in [3.05, 3.63) is 34.7 Å². The molecule has 0 saturated heterocycles. The van der Waals surface area contributed by atoms with E-state index in [9.17, 15) is 13.2 Å². The van der Waals surface area contributed by atoms with Gasteiger partial charge in [-0.05, 0) is 12.1 Å². The van der Waals surface area contributed by atoms with Crippen LogP contribution in [0.1, 0.15) is 0 Å². The summed E-state index contributed by atoms with van der Waals surface area (Å²) in [6.07, 6.45) is 1.46. The van der Waals surface area contributed by atoms with Crippen LogP contribution in [0.3, 0.4) is 0 Å². The lowest BCUT2D eigenvalue weighted by molar-refractivity contribution is -0.331. The van der Waals surface area contributed by atoms with Crippen LogP contribution < -0.4 is 20.4 Å². The fourth-order valence-corrected chi connectivity index (χ4v) is 2.63. The average molecular weight is 322 g/mol. The van der Waals surface area contributed by atoms with Gasteiger partial charge in [-0.2, -0.15) is 5.10 Å². The summed E-state index contributed by atoms with van der Waals surface area (Å²) in [5, 5.41) is 11.1. The van der Waals surface area contributed by atoms with Crippen molar-refractivity contribution in [1.29, 1.82) is 0 Å². The Labute approximate surface area is 124 Å². The molecular formula is C12H12N5O4S+. The number of nitrogens with one attached hydrogen (secondary N) is 3. The van der Waals surface area contributed by atoms with Crippen LogP contribution in [0.4, 0.5) is 0 Å². The Morgan fingerprint density at radius 3 is 2.77 bits per heavy atom. The van der Waals surface area contributed by atoms with E-state index in [0.717, 1.165) is 0 Å². The number of primary sulfonamides is 1. The van der Waals surface area contributed by atoms with Crippen LogP contribution >= 0.6 is 0 Å². The van der Waals surface area contributed by atoms with Crippen molar-refractivity contribution >= 4 is 21.1 Å². The minimum atomic E-state index is -3.83. The van der Waals surface area contributed by atoms with E-state index in [2.05, 4.69) is 20.2 Å². The molecule has 0 aliphatic heterocycles. The zero-order valence-corrected chi connectivity index (χ0v) is 12.2. The van der Waals surface area contributed by atoms with Crippen molar-refractivity contribution in [3.63, 3.8) is 0 Å². The second kappa shape index (κ2) is 4.93. The minimum Gasteiger partial charge on any atom is -0.496 e. The monoisotopic (exact) mass is 322 g/mol. The van der Waals surface area contributed by atoms with Crippen LogP contribution in [-0.4, -0.2) is 30.7 Å². The molecule has 0 saturated carbocycles. The Morgan fingerprint density at radius 1 is 1.36 bits per heavy atom. The molecule has 0 aliphatic rings. The Morgan fingerprint density at radius 2 is 2.14 bits per heavy atom. The van der Waals surface area contributed by atoms with Gasteiger partial charge in [0.1, 0.15) is 11.3 Å². The maximum absolute atomic E-state index is 11.7. The normalized spacial score (nSPS) is 11.7. The largest absolute Gasteiger partial charge is 0.496 e. The molecule has 0 atom stereocenters. The smallest absolute Gasteiger partial charge is 0.315 e. The number of aromatic amines is 3. The molecule has 5 N–H and O–H groups in total. The third-order valence-electron chi connectivity index (χ3n) is 3.14. The molecule has 0 spiro atoms. The van der Waals surface area contributed by atoms with Gasteiger partial charge in [-0.25, -0.2) is 28.6 Å². The van der Waals surface area contributed by atoms with E-state index in [0.29, 0.717) is 28.2 Å². The molecule has 0 bridgehead atoms. The lowest BCUT2D eigenvalue weighted by Gasteiger charge is -2.05. The van der Waals surface area contributed by atoms with Gasteiger partial charge in [-0.1, -0.05) is 0 Å². The van der Waals surface area contributed by atoms with Gasteiger partial charge in [0.25, 0.3) is 5.82 Å². The molecule has 1 aromatic carbocycles. The molecule has 0 fully saturated rings. The van der Waals surface area contributed by atoms with Crippen molar-refractivity contribution in [2.75, 3.05) is 7.11 Å². The standard InChI is InChI=1S/C12H11N5O4S/c1-21-9-4-6(22(13,19)20)2-3-7(9)11-15-8-5-14-17-12(18)10(8)16-11/h2-5H,1H3,(H,15,16)(H,17,18)(H2,13,19,20)/p+1. The Bertz CT molecular complexity index is 1020. The molecule has 0 amide bonds. The van der Waals surface area contributed by atoms with E-state index in [1.165, 1.54) is 31.5 Å². The maximum atomic E-state index is 11.7. The fraction of sp³-hybridized carbons (Fsp3) is 0.0833. The predicted molar refractivity (Wildman–Crippen MR) is 76.6 cm³/mol. The average Bonchev–Trinajstić information content (AvgIpc) is 2.91. The highest BCUT2D eigenvalue weighted by Gasteiger charge is 2.20. The van der Waals surface area contributed by atoms with Gasteiger partial charge >= 0.3 is 5.56 Å². The molecule has 0 aliphatic carbocycles. The lowest BCUT2D eigenvalue weighted by atomic mass is 10.2. The molecule has 2 aromatic heterocycles. The van der Waals surface area contributed by atoms with Gasteiger partial charge in [0.15, 0.2) is 5.52 Å². The molecule has 3 aromatic rings. The van der Waals surface area contributed by atoms with Crippen molar-refractivity contribution in [1.82, 2.24) is 15.2 Å². The number of sulfonamides is 1. The number of H-pyrrole nitrogens is 3. The predicted octanol–water partition coefficient (Wildman–Crippen LogP) is -0.612. The fourth-order valence-electron chi connectivity index (χ4n) is 2.10. The highest BCUT2D eigenvalue weighted by molar-refractivity contribution is 7.89. The number of hydrogen-bond donors (Lipinski definition) is 3. The summed E-state index contributed by atoms with van der Waals surface area (Å²) in [6, 6.07) is 4.20. The van der Waals surface area contributed by atoms with E-state index in [4.69, 9.17) is 9.88 Å². The summed E-state index contributed by atoms with van der Waals surface area (Å²) in [5.41, 5.74) is 1.00. The third kappa shape index (κ3) is 2.34. The molecule has 9 nitrogen and oxygen atoms in total. The van der Waals surface area contributed by atoms with Crippen molar-refractivity contribution < 1.29 is 18.1 Å². The van der Waals surface area contributed by atoms with Gasteiger partial charge in [0, 0.05) is 6.07 Å². The Hall–Kier alpha value is -2.72. The zero-order valence-electron chi connectivity index (χ0n) is 11.4. The van der Waals surface area contributed by atoms with Crippen LogP contribution in [0.15, 0.2) is 34.1 Å². The van der Waals surface area contributed by atoms with E-state index in [1.807, 2.05) is 0 Å². The number of hydrogen-bond acceptors (Lipinski definition) is 5. The first kappa shape index (κ1) is 14.2. The highest BCUT2D eigenvalue weighted by atomic mass is 32.2. The van der Waals surface area contributed by atoms with E-state index < -0.39 is 10.0 Å². The summed E-state index contributed by atoms with van der Waals surface area (Å²) in [7, 11) is -2.43. The number of ether oxygens (including phenoxy) is 1. The van der Waals surface area contributed by atoms with Crippen molar-refractivity contribution in [2.24, 2.45) is 5.14 Å². The number of fused-ring (bicyclic) bond motifs is 1. The number of aromatic nitrogens is 4. The first-order chi connectivity index (χ1) is 10.4. The first-order valence-corrected chi connectivity index (χ1v) is 7.64. The summed E-state index contributed by atoms with van der Waals surface area (Å²) < 4.78 is 28.0. The second-order valence-corrected chi connectivity index (χ2v) is 6.08. The number of imidazole rings is 1. The van der Waals surface area contributed by atoms with E-state index in [1.54, 1.807) is 0 Å². The second-order valence-electron chi connectivity index (χ2n) is 4.52. The summed E-state index contributed by atoms with van der Waals surface area (Å²) in [6.45, 7) is 0. The number of rotatable bonds is 3. The maximum Gasteiger partial charge on any atom is 0.315 e. The van der Waals surface area contributed by atoms with Gasteiger partial charge in [-0.15, -0.1) is 0 Å². The summed E-state index contributed by atoms with van der Waals surface area (Å²) >= 11 is 0. The number of methoxy groups -OCH3 is 1. The highest BCUT2D eigenvalue weighted by Crippen LogP contribution is 2.29. The van der Waals surface area contributed by atoms with Gasteiger partial charge < -0.3 is 4.74 Å². The quantitative estimate of drug-likeness (QED) is 0.589. The minimum absolute atomic E-state index is 0.0660. The van der Waals surface area contributed by atoms with Crippen LogP contribution in [0.25, 0.3) is 22.4 Å². The zero-order chi connectivity index (χ0) is 15.9. The van der Waals surface area contributed by atoms with Crippen molar-refractivity contribution in [2.45, 2.75) is 4.90 Å². The first-order valence-electron chi connectivity index (χ1n) is 6.10. The molecule has 10 heteroatoms. The number of benzene rings is 1. The van der Waals surface area contributed by atoms with Crippen LogP contribution in [0.2, 0.25) is 0 Å². The number of nitrogens with zero attached hydrogens (tertiary/aromatic N) is 1. The van der Waals surface area contributed by atoms with Crippen molar-refractivity contribution in [3.8, 4) is 17.1 Å². The van der Waals surface area contributed by atoms with E-state index in [-0.39, 0.29) is 10.5 Å². The molecular weight excluding hydrogens is 310 g/mol. The number of nitrogens with two attached hydrogens (primary N) is 1.